The van der Waals surface area contributed by atoms with Gasteiger partial charge in [0, 0.05) is 11.5 Å². The van der Waals surface area contributed by atoms with E-state index < -0.39 is 23.2 Å². The number of rotatable bonds is 2. The van der Waals surface area contributed by atoms with Gasteiger partial charge in [0.05, 0.1) is 20.7 Å². The summed E-state index contributed by atoms with van der Waals surface area (Å²) < 4.78 is 32.9. The van der Waals surface area contributed by atoms with Crippen molar-refractivity contribution in [2.24, 2.45) is 0 Å². The summed E-state index contributed by atoms with van der Waals surface area (Å²) in [6, 6.07) is 9.59. The molecule has 0 aliphatic carbocycles. The highest BCUT2D eigenvalue weighted by molar-refractivity contribution is 7.21. The number of hydrogen-bond acceptors (Lipinski definition) is 4. The molecule has 26 heavy (non-hydrogen) atoms. The summed E-state index contributed by atoms with van der Waals surface area (Å²) in [5.41, 5.74) is 0.593. The number of amides is 1. The zero-order valence-corrected chi connectivity index (χ0v) is 14.2. The molecule has 130 valence electrons. The average Bonchev–Trinajstić information content (AvgIpc) is 3.05. The summed E-state index contributed by atoms with van der Waals surface area (Å²) >= 11 is 1.10. The third-order valence-electron chi connectivity index (χ3n) is 3.93. The van der Waals surface area contributed by atoms with Crippen molar-refractivity contribution in [3.8, 4) is 0 Å². The zero-order chi connectivity index (χ0) is 18.4. The number of benzene rings is 2. The largest absolute Gasteiger partial charge is 0.422 e. The molecular formula is C19H11F2NO3S. The monoisotopic (exact) mass is 371 g/mol. The summed E-state index contributed by atoms with van der Waals surface area (Å²) in [4.78, 5) is 24.8. The van der Waals surface area contributed by atoms with Gasteiger partial charge < -0.3 is 9.73 Å². The Morgan fingerprint density at radius 1 is 1.08 bits per heavy atom. The molecule has 2 aromatic carbocycles. The average molecular weight is 371 g/mol. The SMILES string of the molecule is Cc1ccc2oc(=O)c3cc(C(=O)Nc4cc(F)ccc4F)sc3c2c1. The van der Waals surface area contributed by atoms with E-state index in [1.165, 1.54) is 6.07 Å². The lowest BCUT2D eigenvalue weighted by Crippen LogP contribution is -2.11. The van der Waals surface area contributed by atoms with Gasteiger partial charge in [-0.2, -0.15) is 0 Å². The molecule has 4 nitrogen and oxygen atoms in total. The number of hydrogen-bond donors (Lipinski definition) is 1. The number of thiophene rings is 1. The summed E-state index contributed by atoms with van der Waals surface area (Å²) in [6.07, 6.45) is 0. The second kappa shape index (κ2) is 6.03. The maximum atomic E-state index is 13.7. The first kappa shape index (κ1) is 16.4. The highest BCUT2D eigenvalue weighted by atomic mass is 32.1. The van der Waals surface area contributed by atoms with Crippen molar-refractivity contribution in [1.82, 2.24) is 0 Å². The van der Waals surface area contributed by atoms with Gasteiger partial charge in [-0.25, -0.2) is 13.6 Å². The van der Waals surface area contributed by atoms with Crippen LogP contribution in [0.2, 0.25) is 0 Å². The predicted molar refractivity (Wildman–Crippen MR) is 96.9 cm³/mol. The Morgan fingerprint density at radius 3 is 2.69 bits per heavy atom. The standard InChI is InChI=1S/C19H11F2NO3S/c1-9-2-5-15-11(6-9)17-12(19(24)25-15)8-16(26-17)18(23)22-14-7-10(20)3-4-13(14)21/h2-8H,1H3,(H,22,23). The fourth-order valence-corrected chi connectivity index (χ4v) is 3.76. The lowest BCUT2D eigenvalue weighted by Gasteiger charge is -2.04. The first-order valence-corrected chi connectivity index (χ1v) is 8.47. The van der Waals surface area contributed by atoms with Crippen molar-refractivity contribution in [1.29, 1.82) is 0 Å². The molecule has 0 bridgehead atoms. The van der Waals surface area contributed by atoms with Crippen molar-refractivity contribution < 1.29 is 18.0 Å². The van der Waals surface area contributed by atoms with E-state index in [0.717, 1.165) is 40.5 Å². The predicted octanol–water partition coefficient (Wildman–Crippen LogP) is 4.85. The lowest BCUT2D eigenvalue weighted by molar-refractivity contribution is 0.103. The third kappa shape index (κ3) is 2.76. The van der Waals surface area contributed by atoms with Crippen LogP contribution in [-0.2, 0) is 0 Å². The quantitative estimate of drug-likeness (QED) is 0.513. The van der Waals surface area contributed by atoms with Crippen LogP contribution in [-0.4, -0.2) is 5.91 Å². The number of halogens is 2. The molecule has 1 N–H and O–H groups in total. The zero-order valence-electron chi connectivity index (χ0n) is 13.4. The lowest BCUT2D eigenvalue weighted by atomic mass is 10.1. The van der Waals surface area contributed by atoms with Crippen LogP contribution in [0.5, 0.6) is 0 Å². The highest BCUT2D eigenvalue weighted by Gasteiger charge is 2.17. The molecule has 0 unspecified atom stereocenters. The van der Waals surface area contributed by atoms with Crippen LogP contribution in [0.3, 0.4) is 0 Å². The Bertz CT molecular complexity index is 1240. The molecule has 0 atom stereocenters. The molecule has 4 rings (SSSR count). The molecule has 0 saturated carbocycles. The number of anilines is 1. The van der Waals surface area contributed by atoms with Crippen molar-refractivity contribution >= 4 is 44.0 Å². The molecular weight excluding hydrogens is 360 g/mol. The minimum atomic E-state index is -0.749. The second-order valence-electron chi connectivity index (χ2n) is 5.82. The van der Waals surface area contributed by atoms with E-state index in [9.17, 15) is 18.4 Å². The second-order valence-corrected chi connectivity index (χ2v) is 6.87. The molecule has 2 aromatic heterocycles. The van der Waals surface area contributed by atoms with E-state index in [1.807, 2.05) is 19.1 Å². The highest BCUT2D eigenvalue weighted by Crippen LogP contribution is 2.31. The van der Waals surface area contributed by atoms with Gasteiger partial charge >= 0.3 is 5.63 Å². The van der Waals surface area contributed by atoms with Gasteiger partial charge in [0.2, 0.25) is 0 Å². The van der Waals surface area contributed by atoms with Crippen LogP contribution in [0.15, 0.2) is 51.7 Å². The molecule has 2 heterocycles. The Labute approximate surface area is 149 Å². The summed E-state index contributed by atoms with van der Waals surface area (Å²) in [5, 5.41) is 3.33. The van der Waals surface area contributed by atoms with Gasteiger partial charge in [0.1, 0.15) is 17.2 Å². The van der Waals surface area contributed by atoms with Crippen molar-refractivity contribution in [3.63, 3.8) is 0 Å². The Hall–Kier alpha value is -3.06. The maximum Gasteiger partial charge on any atom is 0.345 e. The van der Waals surface area contributed by atoms with Crippen LogP contribution in [0.1, 0.15) is 15.2 Å². The molecule has 7 heteroatoms. The Balaban J connectivity index is 1.82. The van der Waals surface area contributed by atoms with Crippen LogP contribution in [0.25, 0.3) is 21.1 Å². The minimum Gasteiger partial charge on any atom is -0.422 e. The topological polar surface area (TPSA) is 59.3 Å². The first-order chi connectivity index (χ1) is 12.4. The Kier molecular flexibility index (Phi) is 3.81. The van der Waals surface area contributed by atoms with Gasteiger partial charge in [-0.05, 0) is 37.3 Å². The van der Waals surface area contributed by atoms with Crippen molar-refractivity contribution in [2.75, 3.05) is 5.32 Å². The van der Waals surface area contributed by atoms with Gasteiger partial charge in [-0.15, -0.1) is 11.3 Å². The summed E-state index contributed by atoms with van der Waals surface area (Å²) in [7, 11) is 0. The molecule has 0 aliphatic heterocycles. The molecule has 0 spiro atoms. The van der Waals surface area contributed by atoms with Crippen LogP contribution in [0, 0.1) is 18.6 Å². The fourth-order valence-electron chi connectivity index (χ4n) is 2.70. The van der Waals surface area contributed by atoms with Gasteiger partial charge in [0.15, 0.2) is 0 Å². The van der Waals surface area contributed by atoms with Crippen LogP contribution in [0.4, 0.5) is 14.5 Å². The first-order valence-electron chi connectivity index (χ1n) is 7.66. The minimum absolute atomic E-state index is 0.199. The van der Waals surface area contributed by atoms with Crippen molar-refractivity contribution in [3.05, 3.63) is 75.0 Å². The summed E-state index contributed by atoms with van der Waals surface area (Å²) in [5.74, 6) is -2.04. The van der Waals surface area contributed by atoms with Crippen LogP contribution < -0.4 is 10.9 Å². The van der Waals surface area contributed by atoms with E-state index in [2.05, 4.69) is 5.32 Å². The van der Waals surface area contributed by atoms with E-state index in [4.69, 9.17) is 4.42 Å². The number of nitrogens with one attached hydrogen (secondary N) is 1. The van der Waals surface area contributed by atoms with E-state index in [-0.39, 0.29) is 16.0 Å². The van der Waals surface area contributed by atoms with Gasteiger partial charge in [-0.3, -0.25) is 4.79 Å². The van der Waals surface area contributed by atoms with Gasteiger partial charge in [0.25, 0.3) is 5.91 Å². The third-order valence-corrected chi connectivity index (χ3v) is 5.10. The molecule has 0 radical (unpaired) electrons. The Morgan fingerprint density at radius 2 is 1.88 bits per heavy atom. The van der Waals surface area contributed by atoms with E-state index in [1.54, 1.807) is 6.07 Å². The fraction of sp³-hybridized carbons (Fsp3) is 0.0526. The smallest absolute Gasteiger partial charge is 0.345 e. The number of carbonyl (C=O) groups is 1. The number of fused-ring (bicyclic) bond motifs is 3. The van der Waals surface area contributed by atoms with Crippen LogP contribution >= 0.6 is 11.3 Å². The van der Waals surface area contributed by atoms with Crippen molar-refractivity contribution in [2.45, 2.75) is 6.92 Å². The van der Waals surface area contributed by atoms with E-state index in [0.29, 0.717) is 10.3 Å². The maximum absolute atomic E-state index is 13.7. The molecule has 0 fully saturated rings. The number of aryl methyl sites for hydroxylation is 1. The molecule has 1 amide bonds. The normalized spacial score (nSPS) is 11.2. The molecule has 0 aliphatic rings. The molecule has 4 aromatic rings. The summed E-state index contributed by atoms with van der Waals surface area (Å²) in [6.45, 7) is 1.91. The van der Waals surface area contributed by atoms with Gasteiger partial charge in [-0.1, -0.05) is 11.6 Å². The number of carbonyl (C=O) groups excluding carboxylic acids is 1. The van der Waals surface area contributed by atoms with E-state index >= 15 is 0 Å². The molecule has 0 saturated heterocycles.